The molecule has 1 aliphatic heterocycles. The molecule has 0 radical (unpaired) electrons. The number of carbonyl (C=O) groups excluding carboxylic acids is 1. The highest BCUT2D eigenvalue weighted by Crippen LogP contribution is 2.24. The standard InChI is InChI=1S/C30H30N4O2/c35-30(33-24-13-15-27(16-14-24)36-26-10-5-2-6-11-26)28-12-7-19-31-29(28)32-25-17-20-34(21-18-25)22-23-8-3-1-4-9-23/h1-16,19,25H,17-18,20-22H2,(H,31,32)(H,33,35). The van der Waals surface area contributed by atoms with E-state index in [-0.39, 0.29) is 11.9 Å². The van der Waals surface area contributed by atoms with E-state index >= 15 is 0 Å². The Balaban J connectivity index is 1.16. The molecule has 0 atom stereocenters. The van der Waals surface area contributed by atoms with Crippen LogP contribution in [0, 0.1) is 0 Å². The largest absolute Gasteiger partial charge is 0.457 e. The first-order valence-corrected chi connectivity index (χ1v) is 12.3. The predicted molar refractivity (Wildman–Crippen MR) is 144 cm³/mol. The summed E-state index contributed by atoms with van der Waals surface area (Å²) in [4.78, 5) is 20.0. The second-order valence-electron chi connectivity index (χ2n) is 8.97. The molecule has 1 saturated heterocycles. The molecule has 1 aliphatic rings. The van der Waals surface area contributed by atoms with Gasteiger partial charge in [-0.05, 0) is 66.9 Å². The molecule has 0 bridgehead atoms. The number of hydrogen-bond acceptors (Lipinski definition) is 5. The van der Waals surface area contributed by atoms with Crippen molar-refractivity contribution >= 4 is 17.4 Å². The zero-order valence-corrected chi connectivity index (χ0v) is 20.1. The van der Waals surface area contributed by atoms with Crippen LogP contribution in [0.3, 0.4) is 0 Å². The van der Waals surface area contributed by atoms with Gasteiger partial charge in [0.25, 0.3) is 5.91 Å². The van der Waals surface area contributed by atoms with E-state index in [1.54, 1.807) is 12.3 Å². The molecule has 1 fully saturated rings. The molecule has 0 spiro atoms. The molecule has 0 unspecified atom stereocenters. The van der Waals surface area contributed by atoms with Gasteiger partial charge < -0.3 is 15.4 Å². The number of ether oxygens (including phenoxy) is 1. The Morgan fingerprint density at radius 3 is 2.22 bits per heavy atom. The summed E-state index contributed by atoms with van der Waals surface area (Å²) in [6.07, 6.45) is 3.74. The molecular weight excluding hydrogens is 448 g/mol. The van der Waals surface area contributed by atoms with Crippen LogP contribution in [0.5, 0.6) is 11.5 Å². The Labute approximate surface area is 212 Å². The summed E-state index contributed by atoms with van der Waals surface area (Å²) < 4.78 is 5.83. The lowest BCUT2D eigenvalue weighted by molar-refractivity contribution is 0.102. The van der Waals surface area contributed by atoms with E-state index in [9.17, 15) is 4.79 Å². The maximum Gasteiger partial charge on any atom is 0.259 e. The fourth-order valence-corrected chi connectivity index (χ4v) is 4.40. The highest BCUT2D eigenvalue weighted by molar-refractivity contribution is 6.07. The first kappa shape index (κ1) is 23.6. The van der Waals surface area contributed by atoms with Gasteiger partial charge in [0.2, 0.25) is 0 Å². The molecule has 5 rings (SSSR count). The fraction of sp³-hybridized carbons (Fsp3) is 0.200. The van der Waals surface area contributed by atoms with Gasteiger partial charge in [0.1, 0.15) is 17.3 Å². The van der Waals surface area contributed by atoms with Gasteiger partial charge in [0.05, 0.1) is 5.56 Å². The number of aromatic nitrogens is 1. The monoisotopic (exact) mass is 478 g/mol. The minimum absolute atomic E-state index is 0.191. The van der Waals surface area contributed by atoms with Gasteiger partial charge in [-0.3, -0.25) is 9.69 Å². The predicted octanol–water partition coefficient (Wildman–Crippen LogP) is 6.20. The molecule has 3 aromatic carbocycles. The van der Waals surface area contributed by atoms with Crippen LogP contribution in [0.25, 0.3) is 0 Å². The molecule has 1 aromatic heterocycles. The maximum atomic E-state index is 13.1. The van der Waals surface area contributed by atoms with E-state index in [1.807, 2.05) is 60.7 Å². The van der Waals surface area contributed by atoms with Crippen molar-refractivity contribution in [1.29, 1.82) is 0 Å². The lowest BCUT2D eigenvalue weighted by Crippen LogP contribution is -2.39. The van der Waals surface area contributed by atoms with Crippen molar-refractivity contribution in [2.75, 3.05) is 23.7 Å². The third kappa shape index (κ3) is 6.29. The third-order valence-corrected chi connectivity index (χ3v) is 6.32. The Morgan fingerprint density at radius 1 is 0.833 bits per heavy atom. The van der Waals surface area contributed by atoms with Crippen LogP contribution in [0.1, 0.15) is 28.8 Å². The normalized spacial score (nSPS) is 14.2. The van der Waals surface area contributed by atoms with Crippen molar-refractivity contribution < 1.29 is 9.53 Å². The summed E-state index contributed by atoms with van der Waals surface area (Å²) >= 11 is 0. The van der Waals surface area contributed by atoms with E-state index in [1.165, 1.54) is 5.56 Å². The van der Waals surface area contributed by atoms with E-state index in [0.717, 1.165) is 38.2 Å². The van der Waals surface area contributed by atoms with Crippen molar-refractivity contribution in [3.8, 4) is 11.5 Å². The summed E-state index contributed by atoms with van der Waals surface area (Å²) in [7, 11) is 0. The van der Waals surface area contributed by atoms with Gasteiger partial charge in [-0.25, -0.2) is 4.98 Å². The first-order valence-electron chi connectivity index (χ1n) is 12.3. The number of rotatable bonds is 8. The number of hydrogen-bond donors (Lipinski definition) is 2. The number of anilines is 2. The number of pyridine rings is 1. The quantitative estimate of drug-likeness (QED) is 0.316. The fourth-order valence-electron chi connectivity index (χ4n) is 4.40. The Bertz CT molecular complexity index is 1260. The number of amides is 1. The molecule has 182 valence electrons. The smallest absolute Gasteiger partial charge is 0.259 e. The number of para-hydroxylation sites is 1. The number of carbonyl (C=O) groups is 1. The highest BCUT2D eigenvalue weighted by atomic mass is 16.5. The minimum atomic E-state index is -0.191. The summed E-state index contributed by atoms with van der Waals surface area (Å²) in [5.41, 5.74) is 2.57. The number of nitrogens with zero attached hydrogens (tertiary/aromatic N) is 2. The van der Waals surface area contributed by atoms with Gasteiger partial charge in [0.15, 0.2) is 0 Å². The van der Waals surface area contributed by atoms with E-state index in [0.29, 0.717) is 22.8 Å². The maximum absolute atomic E-state index is 13.1. The molecule has 6 nitrogen and oxygen atoms in total. The zero-order valence-electron chi connectivity index (χ0n) is 20.1. The van der Waals surface area contributed by atoms with Crippen LogP contribution in [0.2, 0.25) is 0 Å². The number of benzene rings is 3. The van der Waals surface area contributed by atoms with Gasteiger partial charge in [-0.1, -0.05) is 48.5 Å². The van der Waals surface area contributed by atoms with Gasteiger partial charge >= 0.3 is 0 Å². The molecule has 1 amide bonds. The van der Waals surface area contributed by atoms with Gasteiger partial charge in [-0.15, -0.1) is 0 Å². The second kappa shape index (κ2) is 11.5. The number of likely N-dealkylation sites (tertiary alicyclic amines) is 1. The molecule has 0 saturated carbocycles. The third-order valence-electron chi connectivity index (χ3n) is 6.32. The molecule has 6 heteroatoms. The average Bonchev–Trinajstić information content (AvgIpc) is 2.92. The SMILES string of the molecule is O=C(Nc1ccc(Oc2ccccc2)cc1)c1cccnc1NC1CCN(Cc2ccccc2)CC1. The molecule has 4 aromatic rings. The Hall–Kier alpha value is -4.16. The van der Waals surface area contributed by atoms with Crippen LogP contribution in [-0.4, -0.2) is 34.9 Å². The van der Waals surface area contributed by atoms with Crippen molar-refractivity contribution in [3.63, 3.8) is 0 Å². The van der Waals surface area contributed by atoms with Crippen molar-refractivity contribution in [1.82, 2.24) is 9.88 Å². The molecule has 0 aliphatic carbocycles. The van der Waals surface area contributed by atoms with Gasteiger partial charge in [-0.2, -0.15) is 0 Å². The van der Waals surface area contributed by atoms with E-state index in [2.05, 4.69) is 50.8 Å². The second-order valence-corrected chi connectivity index (χ2v) is 8.97. The highest BCUT2D eigenvalue weighted by Gasteiger charge is 2.21. The summed E-state index contributed by atoms with van der Waals surface area (Å²) in [5.74, 6) is 1.91. The average molecular weight is 479 g/mol. The summed E-state index contributed by atoms with van der Waals surface area (Å²) in [5, 5.41) is 6.50. The Morgan fingerprint density at radius 2 is 1.50 bits per heavy atom. The molecule has 2 N–H and O–H groups in total. The first-order chi connectivity index (χ1) is 17.7. The number of nitrogens with one attached hydrogen (secondary N) is 2. The van der Waals surface area contributed by atoms with Crippen molar-refractivity contribution in [3.05, 3.63) is 114 Å². The Kier molecular flexibility index (Phi) is 7.54. The van der Waals surface area contributed by atoms with Crippen LogP contribution < -0.4 is 15.4 Å². The molecule has 36 heavy (non-hydrogen) atoms. The summed E-state index contributed by atoms with van der Waals surface area (Å²) in [6, 6.07) is 31.4. The van der Waals surface area contributed by atoms with Crippen LogP contribution in [0.15, 0.2) is 103 Å². The van der Waals surface area contributed by atoms with Crippen LogP contribution >= 0.6 is 0 Å². The lowest BCUT2D eigenvalue weighted by atomic mass is 10.0. The van der Waals surface area contributed by atoms with Gasteiger partial charge in [0, 0.05) is 37.6 Å². The van der Waals surface area contributed by atoms with E-state index < -0.39 is 0 Å². The molecule has 2 heterocycles. The minimum Gasteiger partial charge on any atom is -0.457 e. The number of piperidine rings is 1. The van der Waals surface area contributed by atoms with Crippen LogP contribution in [-0.2, 0) is 6.54 Å². The van der Waals surface area contributed by atoms with Crippen molar-refractivity contribution in [2.24, 2.45) is 0 Å². The molecular formula is C30H30N4O2. The van der Waals surface area contributed by atoms with Crippen molar-refractivity contribution in [2.45, 2.75) is 25.4 Å². The van der Waals surface area contributed by atoms with E-state index in [4.69, 9.17) is 4.74 Å². The topological polar surface area (TPSA) is 66.5 Å². The zero-order chi connectivity index (χ0) is 24.6. The van der Waals surface area contributed by atoms with Crippen LogP contribution in [0.4, 0.5) is 11.5 Å². The lowest BCUT2D eigenvalue weighted by Gasteiger charge is -2.32. The summed E-state index contributed by atoms with van der Waals surface area (Å²) in [6.45, 7) is 3.00.